The Morgan fingerprint density at radius 1 is 1.35 bits per heavy atom. The van der Waals surface area contributed by atoms with Gasteiger partial charge in [-0.1, -0.05) is 29.5 Å². The molecule has 0 radical (unpaired) electrons. The lowest BCUT2D eigenvalue weighted by Gasteiger charge is -2.28. The predicted octanol–water partition coefficient (Wildman–Crippen LogP) is 3.58. The van der Waals surface area contributed by atoms with Gasteiger partial charge < -0.3 is 15.8 Å². The largest absolute Gasteiger partial charge is 0.399 e. The van der Waals surface area contributed by atoms with E-state index in [-0.39, 0.29) is 16.9 Å². The Hall–Kier alpha value is -2.54. The molecule has 2 aromatic rings. The molecule has 7 heteroatoms. The number of halogens is 2. The van der Waals surface area contributed by atoms with Crippen molar-refractivity contribution in [3.05, 3.63) is 65.1 Å². The van der Waals surface area contributed by atoms with Crippen molar-refractivity contribution < 1.29 is 13.6 Å². The van der Waals surface area contributed by atoms with Gasteiger partial charge in [-0.2, -0.15) is 0 Å². The van der Waals surface area contributed by atoms with E-state index in [9.17, 15) is 9.18 Å². The summed E-state index contributed by atoms with van der Waals surface area (Å²) in [5.41, 5.74) is 3.94. The van der Waals surface area contributed by atoms with E-state index in [0.29, 0.717) is 5.13 Å². The van der Waals surface area contributed by atoms with E-state index in [1.165, 1.54) is 6.20 Å². The Bertz CT molecular complexity index is 788. The van der Waals surface area contributed by atoms with E-state index in [1.807, 2.05) is 30.3 Å². The number of para-hydroxylation sites is 1. The van der Waals surface area contributed by atoms with Crippen molar-refractivity contribution in [2.45, 2.75) is 5.67 Å². The quantitative estimate of drug-likeness (QED) is 0.839. The number of alkyl halides is 1. The zero-order valence-electron chi connectivity index (χ0n) is 11.9. The first-order chi connectivity index (χ1) is 11.0. The molecule has 0 saturated heterocycles. The topological polar surface area (TPSA) is 68.0 Å². The molecule has 1 heterocycles. The lowest BCUT2D eigenvalue weighted by atomic mass is 9.83. The van der Waals surface area contributed by atoms with E-state index in [4.69, 9.17) is 5.73 Å². The van der Waals surface area contributed by atoms with Gasteiger partial charge in [-0.05, 0) is 24.3 Å². The maximum atomic E-state index is 15.3. The van der Waals surface area contributed by atoms with Gasteiger partial charge in [0.15, 0.2) is 10.8 Å². The number of benzene rings is 1. The Balaban J connectivity index is 1.92. The van der Waals surface area contributed by atoms with Crippen LogP contribution in [0.1, 0.15) is 4.88 Å². The summed E-state index contributed by atoms with van der Waals surface area (Å²) in [5.74, 6) is -2.45. The van der Waals surface area contributed by atoms with E-state index < -0.39 is 17.4 Å². The number of allylic oxidation sites excluding steroid dienone is 3. The van der Waals surface area contributed by atoms with Crippen LogP contribution in [0.2, 0.25) is 0 Å². The highest BCUT2D eigenvalue weighted by Crippen LogP contribution is 2.45. The average molecular weight is 333 g/mol. The second-order valence-corrected chi connectivity index (χ2v) is 6.11. The normalized spacial score (nSPS) is 23.8. The molecule has 118 valence electrons. The number of rotatable bonds is 4. The molecule has 0 aliphatic heterocycles. The summed E-state index contributed by atoms with van der Waals surface area (Å²) in [6, 6.07) is 9.23. The minimum absolute atomic E-state index is 0.0610. The summed E-state index contributed by atoms with van der Waals surface area (Å²) < 4.78 is 29.2. The molecule has 23 heavy (non-hydrogen) atoms. The van der Waals surface area contributed by atoms with Crippen molar-refractivity contribution in [1.82, 2.24) is 4.98 Å². The summed E-state index contributed by atoms with van der Waals surface area (Å²) in [7, 11) is 0. The van der Waals surface area contributed by atoms with Gasteiger partial charge in [-0.15, -0.1) is 0 Å². The number of carbonyl (C=O) groups is 1. The van der Waals surface area contributed by atoms with Gasteiger partial charge in [-0.3, -0.25) is 0 Å². The fraction of sp³-hybridized carbons (Fsp3) is 0.125. The number of nitrogens with two attached hydrogens (primary N) is 1. The van der Waals surface area contributed by atoms with Crippen molar-refractivity contribution in [3.63, 3.8) is 0 Å². The van der Waals surface area contributed by atoms with Gasteiger partial charge >= 0.3 is 0 Å². The Morgan fingerprint density at radius 2 is 2.09 bits per heavy atom. The van der Waals surface area contributed by atoms with Crippen LogP contribution in [-0.2, 0) is 10.5 Å². The van der Waals surface area contributed by atoms with Crippen LogP contribution in [0, 0.1) is 5.92 Å². The number of nitrogens with zero attached hydrogens (tertiary/aromatic N) is 1. The third-order valence-corrected chi connectivity index (χ3v) is 4.51. The molecule has 0 saturated carbocycles. The first kappa shape index (κ1) is 15.4. The smallest absolute Gasteiger partial charge is 0.187 e. The molecule has 0 spiro atoms. The third kappa shape index (κ3) is 2.87. The van der Waals surface area contributed by atoms with Gasteiger partial charge in [-0.25, -0.2) is 13.8 Å². The zero-order chi connectivity index (χ0) is 16.4. The summed E-state index contributed by atoms with van der Waals surface area (Å²) >= 11 is 1.01. The number of aldehydes is 1. The predicted molar refractivity (Wildman–Crippen MR) is 85.6 cm³/mol. The molecule has 4 nitrogen and oxygen atoms in total. The van der Waals surface area contributed by atoms with Crippen molar-refractivity contribution in [2.75, 3.05) is 5.32 Å². The fourth-order valence-corrected chi connectivity index (χ4v) is 3.30. The monoisotopic (exact) mass is 333 g/mol. The van der Waals surface area contributed by atoms with Crippen LogP contribution in [0.5, 0.6) is 0 Å². The Kier molecular flexibility index (Phi) is 3.96. The molecule has 0 fully saturated rings. The van der Waals surface area contributed by atoms with Gasteiger partial charge in [0.25, 0.3) is 0 Å². The third-order valence-electron chi connectivity index (χ3n) is 3.48. The molecular formula is C16H13F2N3OS. The lowest BCUT2D eigenvalue weighted by molar-refractivity contribution is -0.113. The lowest BCUT2D eigenvalue weighted by Crippen LogP contribution is -2.33. The Labute approximate surface area is 135 Å². The number of carbonyl (C=O) groups excluding carboxylic acids is 1. The number of hydrogen-bond donors (Lipinski definition) is 2. The second-order valence-electron chi connectivity index (χ2n) is 5.08. The highest BCUT2D eigenvalue weighted by Gasteiger charge is 2.45. The number of aromatic nitrogens is 1. The highest BCUT2D eigenvalue weighted by molar-refractivity contribution is 7.15. The van der Waals surface area contributed by atoms with E-state index in [2.05, 4.69) is 10.3 Å². The standard InChI is InChI=1S/C16H13F2N3OS/c17-13-6-10(19)7-16(18,12(13)9-22)14-8-20-15(23-14)21-11-4-2-1-3-5-11/h1-9,12H,19H2,(H,20,21). The molecule has 0 amide bonds. The van der Waals surface area contributed by atoms with Crippen LogP contribution in [0.25, 0.3) is 0 Å². The van der Waals surface area contributed by atoms with Crippen LogP contribution in [-0.4, -0.2) is 11.3 Å². The van der Waals surface area contributed by atoms with Crippen LogP contribution >= 0.6 is 11.3 Å². The molecule has 0 bridgehead atoms. The van der Waals surface area contributed by atoms with Crippen molar-refractivity contribution >= 4 is 28.4 Å². The molecule has 1 aromatic heterocycles. The fourth-order valence-electron chi connectivity index (χ4n) is 2.37. The SMILES string of the molecule is NC1=CC(F)(c2cnc(Nc3ccccc3)s2)C(C=O)C(F)=C1. The van der Waals surface area contributed by atoms with Crippen LogP contribution in [0.15, 0.2) is 60.2 Å². The number of hydrogen-bond acceptors (Lipinski definition) is 5. The number of thiazole rings is 1. The summed E-state index contributed by atoms with van der Waals surface area (Å²) in [6.45, 7) is 0. The molecule has 1 aliphatic rings. The van der Waals surface area contributed by atoms with Crippen molar-refractivity contribution in [3.8, 4) is 0 Å². The van der Waals surface area contributed by atoms with E-state index in [1.54, 1.807) is 0 Å². The van der Waals surface area contributed by atoms with Crippen molar-refractivity contribution in [2.24, 2.45) is 11.7 Å². The summed E-state index contributed by atoms with van der Waals surface area (Å²) in [5, 5.41) is 3.47. The van der Waals surface area contributed by atoms with Gasteiger partial charge in [0, 0.05) is 17.6 Å². The highest BCUT2D eigenvalue weighted by atomic mass is 32.1. The van der Waals surface area contributed by atoms with Crippen LogP contribution < -0.4 is 11.1 Å². The van der Waals surface area contributed by atoms with Gasteiger partial charge in [0.1, 0.15) is 18.0 Å². The van der Waals surface area contributed by atoms with Crippen LogP contribution in [0.4, 0.5) is 19.6 Å². The average Bonchev–Trinajstić information content (AvgIpc) is 2.97. The summed E-state index contributed by atoms with van der Waals surface area (Å²) in [4.78, 5) is 15.3. The van der Waals surface area contributed by atoms with E-state index >= 15 is 4.39 Å². The minimum Gasteiger partial charge on any atom is -0.399 e. The van der Waals surface area contributed by atoms with Gasteiger partial charge in [0.05, 0.1) is 4.88 Å². The first-order valence-corrected chi connectivity index (χ1v) is 7.62. The molecule has 2 atom stereocenters. The summed E-state index contributed by atoms with van der Waals surface area (Å²) in [6.07, 6.45) is 3.55. The molecule has 3 N–H and O–H groups in total. The Morgan fingerprint density at radius 3 is 2.78 bits per heavy atom. The zero-order valence-corrected chi connectivity index (χ0v) is 12.7. The molecular weight excluding hydrogens is 320 g/mol. The molecule has 3 rings (SSSR count). The number of anilines is 2. The minimum atomic E-state index is -2.33. The maximum Gasteiger partial charge on any atom is 0.187 e. The maximum absolute atomic E-state index is 15.3. The van der Waals surface area contributed by atoms with Gasteiger partial charge in [0.2, 0.25) is 0 Å². The molecule has 1 aromatic carbocycles. The van der Waals surface area contributed by atoms with Crippen molar-refractivity contribution in [1.29, 1.82) is 0 Å². The van der Waals surface area contributed by atoms with Crippen LogP contribution in [0.3, 0.4) is 0 Å². The number of nitrogens with one attached hydrogen (secondary N) is 1. The second kappa shape index (κ2) is 5.92. The first-order valence-electron chi connectivity index (χ1n) is 6.81. The molecule has 2 unspecified atom stereocenters. The molecule has 1 aliphatic carbocycles. The van der Waals surface area contributed by atoms with E-state index in [0.717, 1.165) is 29.2 Å².